The van der Waals surface area contributed by atoms with Gasteiger partial charge in [-0.3, -0.25) is 0 Å². The van der Waals surface area contributed by atoms with Gasteiger partial charge in [0.05, 0.1) is 18.2 Å². The molecule has 0 amide bonds. The van der Waals surface area contributed by atoms with Crippen LogP contribution in [0.25, 0.3) is 5.57 Å². The average molecular weight is 477 g/mol. The monoisotopic (exact) mass is 476 g/mol. The molecule has 1 unspecified atom stereocenters. The van der Waals surface area contributed by atoms with Gasteiger partial charge in [-0.2, -0.15) is 0 Å². The summed E-state index contributed by atoms with van der Waals surface area (Å²) in [7, 11) is 0. The van der Waals surface area contributed by atoms with Gasteiger partial charge in [-0.25, -0.2) is 4.39 Å². The van der Waals surface area contributed by atoms with Crippen molar-refractivity contribution in [1.29, 1.82) is 0 Å². The van der Waals surface area contributed by atoms with Crippen molar-refractivity contribution >= 4 is 17.2 Å². The third kappa shape index (κ3) is 6.21. The number of hydrogen-bond acceptors (Lipinski definition) is 2. The second kappa shape index (κ2) is 12.2. The number of rotatable bonds is 8. The molecule has 1 aromatic rings. The van der Waals surface area contributed by atoms with E-state index >= 15 is 4.39 Å². The van der Waals surface area contributed by atoms with Crippen LogP contribution in [0.2, 0.25) is 5.02 Å². The molecule has 1 heterocycles. The summed E-state index contributed by atoms with van der Waals surface area (Å²) in [5.41, 5.74) is 2.84. The van der Waals surface area contributed by atoms with Crippen LogP contribution in [-0.2, 0) is 9.47 Å². The topological polar surface area (TPSA) is 18.5 Å². The number of allylic oxidation sites excluding steroid dienone is 2. The van der Waals surface area contributed by atoms with E-state index in [0.717, 1.165) is 68.8 Å². The molecule has 1 saturated heterocycles. The van der Waals surface area contributed by atoms with E-state index in [0.29, 0.717) is 28.3 Å². The maximum atomic E-state index is 15.4. The highest BCUT2D eigenvalue weighted by molar-refractivity contribution is 6.31. The molecule has 184 valence electrons. The molecule has 4 rings (SSSR count). The smallest absolute Gasteiger partial charge is 0.157 e. The third-order valence-electron chi connectivity index (χ3n) is 8.48. The Kier molecular flexibility index (Phi) is 9.30. The summed E-state index contributed by atoms with van der Waals surface area (Å²) in [6, 6.07) is 4.09. The molecule has 33 heavy (non-hydrogen) atoms. The highest BCUT2D eigenvalue weighted by atomic mass is 35.5. The second-order valence-electron chi connectivity index (χ2n) is 10.6. The number of ether oxygens (including phenoxy) is 2. The normalized spacial score (nSPS) is 30.8. The van der Waals surface area contributed by atoms with E-state index < -0.39 is 0 Å². The Morgan fingerprint density at radius 1 is 0.970 bits per heavy atom. The summed E-state index contributed by atoms with van der Waals surface area (Å²) < 4.78 is 27.4. The number of unbranched alkanes of at least 4 members (excludes halogenated alkanes) is 2. The number of benzene rings is 1. The molecular weight excluding hydrogens is 435 g/mol. The highest BCUT2D eigenvalue weighted by Crippen LogP contribution is 2.43. The van der Waals surface area contributed by atoms with E-state index in [1.54, 1.807) is 0 Å². The van der Waals surface area contributed by atoms with Crippen molar-refractivity contribution in [3.05, 3.63) is 40.2 Å². The van der Waals surface area contributed by atoms with Crippen LogP contribution in [0.3, 0.4) is 0 Å². The molecule has 1 aromatic carbocycles. The highest BCUT2D eigenvalue weighted by Gasteiger charge is 2.31. The van der Waals surface area contributed by atoms with Crippen LogP contribution in [0.5, 0.6) is 0 Å². The first kappa shape index (κ1) is 25.2. The van der Waals surface area contributed by atoms with E-state index in [4.69, 9.17) is 21.1 Å². The van der Waals surface area contributed by atoms with Crippen molar-refractivity contribution in [3.8, 4) is 0 Å². The number of halogens is 2. The predicted octanol–water partition coefficient (Wildman–Crippen LogP) is 8.92. The van der Waals surface area contributed by atoms with Crippen LogP contribution in [0.15, 0.2) is 18.2 Å². The Hall–Kier alpha value is -0.900. The largest absolute Gasteiger partial charge is 0.352 e. The average Bonchev–Trinajstić information content (AvgIpc) is 2.86. The Balaban J connectivity index is 1.33. The minimum atomic E-state index is -0.212. The first-order valence-corrected chi connectivity index (χ1v) is 13.9. The van der Waals surface area contributed by atoms with Gasteiger partial charge in [-0.05, 0) is 86.7 Å². The van der Waals surface area contributed by atoms with Gasteiger partial charge in [0, 0.05) is 11.5 Å². The molecule has 1 atom stereocenters. The standard InChI is InChI=1S/C29H42ClFO2/c1-3-5-6-7-27-32-18-24(19-33-27)21-12-14-23(15-13-21)26-17-16-25(28(30)29(26)31)22-10-8-20(4-2)9-11-22/h14,16-17,20-22,24,27H,3-13,15,18-19H2,1-2H3. The van der Waals surface area contributed by atoms with E-state index in [9.17, 15) is 0 Å². The minimum absolute atomic E-state index is 0.0192. The van der Waals surface area contributed by atoms with Crippen LogP contribution in [0, 0.1) is 23.6 Å². The zero-order valence-corrected chi connectivity index (χ0v) is 21.3. The Morgan fingerprint density at radius 2 is 1.73 bits per heavy atom. The summed E-state index contributed by atoms with van der Waals surface area (Å²) in [5.74, 6) is 2.02. The molecule has 1 aliphatic heterocycles. The van der Waals surface area contributed by atoms with Crippen molar-refractivity contribution in [3.63, 3.8) is 0 Å². The fourth-order valence-corrected chi connectivity index (χ4v) is 6.41. The zero-order chi connectivity index (χ0) is 23.2. The lowest BCUT2D eigenvalue weighted by atomic mass is 9.77. The molecule has 2 aliphatic carbocycles. The third-order valence-corrected chi connectivity index (χ3v) is 8.86. The quantitative estimate of drug-likeness (QED) is 0.348. The molecule has 0 spiro atoms. The van der Waals surface area contributed by atoms with E-state index in [1.165, 1.54) is 38.5 Å². The molecule has 0 N–H and O–H groups in total. The van der Waals surface area contributed by atoms with Gasteiger partial charge in [0.1, 0.15) is 5.82 Å². The predicted molar refractivity (Wildman–Crippen MR) is 135 cm³/mol. The van der Waals surface area contributed by atoms with E-state index in [2.05, 4.69) is 26.0 Å². The van der Waals surface area contributed by atoms with Gasteiger partial charge in [0.2, 0.25) is 0 Å². The molecule has 0 aromatic heterocycles. The molecule has 0 radical (unpaired) electrons. The van der Waals surface area contributed by atoms with Crippen molar-refractivity contribution in [2.45, 2.75) is 103 Å². The zero-order valence-electron chi connectivity index (χ0n) is 20.6. The SMILES string of the molecule is CCCCCC1OCC(C2CC=C(c3ccc(C4CCC(CC)CC4)c(Cl)c3F)CC2)CO1. The van der Waals surface area contributed by atoms with E-state index in [1.807, 2.05) is 6.07 Å². The molecule has 0 bridgehead atoms. The molecule has 1 saturated carbocycles. The molecule has 2 fully saturated rings. The van der Waals surface area contributed by atoms with Crippen LogP contribution in [-0.4, -0.2) is 19.5 Å². The van der Waals surface area contributed by atoms with Crippen molar-refractivity contribution in [2.24, 2.45) is 17.8 Å². The summed E-state index contributed by atoms with van der Waals surface area (Å²) in [6.07, 6.45) is 15.8. The Labute approximate surface area is 205 Å². The lowest BCUT2D eigenvalue weighted by molar-refractivity contribution is -0.211. The summed E-state index contributed by atoms with van der Waals surface area (Å²) in [6.45, 7) is 6.07. The first-order valence-electron chi connectivity index (χ1n) is 13.5. The summed E-state index contributed by atoms with van der Waals surface area (Å²) >= 11 is 6.60. The molecule has 3 aliphatic rings. The van der Waals surface area contributed by atoms with Crippen LogP contribution >= 0.6 is 11.6 Å². The van der Waals surface area contributed by atoms with Gasteiger partial charge in [0.25, 0.3) is 0 Å². The van der Waals surface area contributed by atoms with E-state index in [-0.39, 0.29) is 12.1 Å². The fourth-order valence-electron chi connectivity index (χ4n) is 6.09. The molecule has 4 heteroatoms. The van der Waals surface area contributed by atoms with Crippen molar-refractivity contribution in [1.82, 2.24) is 0 Å². The number of hydrogen-bond donors (Lipinski definition) is 0. The van der Waals surface area contributed by atoms with Gasteiger partial charge < -0.3 is 9.47 Å². The van der Waals surface area contributed by atoms with Crippen molar-refractivity contribution < 1.29 is 13.9 Å². The molecule has 2 nitrogen and oxygen atoms in total. The van der Waals surface area contributed by atoms with Crippen LogP contribution < -0.4 is 0 Å². The lowest BCUT2D eigenvalue weighted by Gasteiger charge is -2.35. The van der Waals surface area contributed by atoms with Gasteiger partial charge >= 0.3 is 0 Å². The maximum absolute atomic E-state index is 15.4. The first-order chi connectivity index (χ1) is 16.1. The van der Waals surface area contributed by atoms with Crippen molar-refractivity contribution in [2.75, 3.05) is 13.2 Å². The fraction of sp³-hybridized carbons (Fsp3) is 0.724. The lowest BCUT2D eigenvalue weighted by Crippen LogP contribution is -2.36. The summed E-state index contributed by atoms with van der Waals surface area (Å²) in [4.78, 5) is 0. The molecular formula is C29H42ClFO2. The second-order valence-corrected chi connectivity index (χ2v) is 11.0. The van der Waals surface area contributed by atoms with Gasteiger partial charge in [0.15, 0.2) is 6.29 Å². The van der Waals surface area contributed by atoms with Crippen LogP contribution in [0.1, 0.15) is 108 Å². The Morgan fingerprint density at radius 3 is 2.36 bits per heavy atom. The Bertz CT molecular complexity index is 791. The van der Waals surface area contributed by atoms with Crippen LogP contribution in [0.4, 0.5) is 4.39 Å². The van der Waals surface area contributed by atoms with Gasteiger partial charge in [-0.1, -0.05) is 62.9 Å². The van der Waals surface area contributed by atoms with Gasteiger partial charge in [-0.15, -0.1) is 0 Å². The maximum Gasteiger partial charge on any atom is 0.157 e. The minimum Gasteiger partial charge on any atom is -0.352 e. The summed E-state index contributed by atoms with van der Waals surface area (Å²) in [5, 5.41) is 0.360.